The fraction of sp³-hybridized carbons (Fsp3) is 0. The van der Waals surface area contributed by atoms with Gasteiger partial charge in [0, 0.05) is 23.2 Å². The summed E-state index contributed by atoms with van der Waals surface area (Å²) in [6.45, 7) is 3.37. The first kappa shape index (κ1) is 9.34. The number of hydrogen-bond donors (Lipinski definition) is 0. The molecule has 62 valence electrons. The Morgan fingerprint density at radius 2 is 2.45 bits per heavy atom. The van der Waals surface area contributed by atoms with Crippen LogP contribution in [0.15, 0.2) is 12.7 Å². The van der Waals surface area contributed by atoms with E-state index in [-0.39, 0.29) is 23.8 Å². The molecule has 0 amide bonds. The number of carbonyl (C=O) groups excluding carboxylic acids is 1. The Morgan fingerprint density at radius 3 is 3.00 bits per heavy atom. The summed E-state index contributed by atoms with van der Waals surface area (Å²) in [5.41, 5.74) is 0. The van der Waals surface area contributed by atoms with E-state index in [1.54, 1.807) is 0 Å². The number of rotatable bonds is 2. The second-order valence-electron chi connectivity index (χ2n) is 2.44. The van der Waals surface area contributed by atoms with Crippen LogP contribution in [-0.2, 0) is 13.3 Å². The third-order valence-electron chi connectivity index (χ3n) is 1.55. The van der Waals surface area contributed by atoms with Crippen LogP contribution in [0.4, 0.5) is 0 Å². The van der Waals surface area contributed by atoms with Gasteiger partial charge in [0.2, 0.25) is 0 Å². The van der Waals surface area contributed by atoms with Crippen molar-refractivity contribution in [2.45, 2.75) is 0 Å². The third kappa shape index (κ3) is 3.44. The maximum Gasteiger partial charge on any atom is 0.340 e. The van der Waals surface area contributed by atoms with E-state index in [9.17, 15) is 4.79 Å². The van der Waals surface area contributed by atoms with Crippen molar-refractivity contribution in [1.82, 2.24) is 0 Å². The monoisotopic (exact) mass is 236 g/mol. The lowest BCUT2D eigenvalue weighted by Crippen LogP contribution is -2.46. The molecule has 0 radical (unpaired) electrons. The quantitative estimate of drug-likeness (QED) is 0.360. The van der Waals surface area contributed by atoms with Crippen molar-refractivity contribution in [3.63, 3.8) is 0 Å². The molecule has 3 nitrogen and oxygen atoms in total. The van der Waals surface area contributed by atoms with Crippen molar-refractivity contribution in [1.29, 1.82) is 0 Å². The van der Waals surface area contributed by atoms with Gasteiger partial charge in [0.25, 0.3) is 0 Å². The fourth-order valence-corrected chi connectivity index (χ4v) is 81.3. The summed E-state index contributed by atoms with van der Waals surface area (Å²) < 4.78 is 10.7. The molecule has 1 unspecified atom stereocenters. The standard InChI is InChI=1S/C3H12O3Si5/c1-2-3(4)5-11-6-7-8-9-10-11/h2,11H,1,7-10H2. The van der Waals surface area contributed by atoms with Crippen molar-refractivity contribution in [3.8, 4) is 0 Å². The highest BCUT2D eigenvalue weighted by molar-refractivity contribution is 7.57. The van der Waals surface area contributed by atoms with E-state index in [1.807, 2.05) is 0 Å². The lowest BCUT2D eigenvalue weighted by molar-refractivity contribution is -0.129. The minimum Gasteiger partial charge on any atom is -0.498 e. The van der Waals surface area contributed by atoms with Gasteiger partial charge in [-0.05, 0) is 0 Å². The molecule has 0 spiro atoms. The van der Waals surface area contributed by atoms with Gasteiger partial charge in [0.15, 0.2) is 0 Å². The average molecular weight is 237 g/mol. The van der Waals surface area contributed by atoms with E-state index in [0.29, 0.717) is 17.1 Å². The van der Waals surface area contributed by atoms with Crippen LogP contribution in [-0.4, -0.2) is 49.7 Å². The molecule has 0 bridgehead atoms. The molecule has 0 saturated carbocycles. The number of hydrogen-bond acceptors (Lipinski definition) is 3. The SMILES string of the molecule is C=CC(=O)O[SiH]1O[SiH2][SiH2][SiH2][SiH2]1. The highest BCUT2D eigenvalue weighted by Crippen LogP contribution is 1.91. The topological polar surface area (TPSA) is 35.5 Å². The van der Waals surface area contributed by atoms with Crippen molar-refractivity contribution in [3.05, 3.63) is 12.7 Å². The first-order valence-electron chi connectivity index (χ1n) is 3.77. The highest BCUT2D eigenvalue weighted by Gasteiger charge is 2.20. The highest BCUT2D eigenvalue weighted by atomic mass is 29.9. The summed E-state index contributed by atoms with van der Waals surface area (Å²) in [5.74, 6) is -0.249. The molecule has 8 heteroatoms. The average Bonchev–Trinajstić information content (AvgIpc) is 2.06. The molecule has 1 aliphatic rings. The Hall–Kier alpha value is 0.254. The van der Waals surface area contributed by atoms with E-state index in [0.717, 1.165) is 0 Å². The largest absolute Gasteiger partial charge is 0.498 e. The maximum atomic E-state index is 10.8. The van der Waals surface area contributed by atoms with Gasteiger partial charge in [0.05, 0.1) is 8.55 Å². The molecule has 1 rings (SSSR count). The van der Waals surface area contributed by atoms with Crippen LogP contribution in [0.25, 0.3) is 0 Å². The van der Waals surface area contributed by atoms with Gasteiger partial charge in [-0.1, -0.05) is 6.58 Å². The zero-order valence-corrected chi connectivity index (χ0v) is 13.2. The Bertz CT molecular complexity index is 155. The molecule has 11 heavy (non-hydrogen) atoms. The van der Waals surface area contributed by atoms with Gasteiger partial charge < -0.3 is 8.54 Å². The third-order valence-corrected chi connectivity index (χ3v) is 55.4. The van der Waals surface area contributed by atoms with Gasteiger partial charge in [-0.25, -0.2) is 4.79 Å². The molecular formula is C3H12O3Si5. The smallest absolute Gasteiger partial charge is 0.340 e. The molecule has 1 atom stereocenters. The molecule has 1 fully saturated rings. The summed E-state index contributed by atoms with van der Waals surface area (Å²) in [6.07, 6.45) is 1.25. The zero-order valence-electron chi connectivity index (χ0n) is 6.41. The molecule has 0 aromatic carbocycles. The molecule has 1 aliphatic heterocycles. The van der Waals surface area contributed by atoms with Gasteiger partial charge in [0.1, 0.15) is 9.28 Å². The summed E-state index contributed by atoms with van der Waals surface area (Å²) >= 11 is 0. The lowest BCUT2D eigenvalue weighted by atomic mass is 10.7. The van der Waals surface area contributed by atoms with Crippen LogP contribution < -0.4 is 0 Å². The summed E-state index contributed by atoms with van der Waals surface area (Å²) in [5, 5.41) is 0. The van der Waals surface area contributed by atoms with Crippen molar-refractivity contribution in [2.75, 3.05) is 0 Å². The first-order chi connectivity index (χ1) is 5.33. The second-order valence-corrected chi connectivity index (χ2v) is 34.4. The Balaban J connectivity index is 2.24. The second kappa shape index (κ2) is 5.00. The van der Waals surface area contributed by atoms with Crippen LogP contribution in [0.2, 0.25) is 0 Å². The molecule has 0 aromatic heterocycles. The zero-order chi connectivity index (χ0) is 8.10. The maximum absolute atomic E-state index is 10.8. The Labute approximate surface area is 76.0 Å². The minimum absolute atomic E-state index is 0.0315. The van der Waals surface area contributed by atoms with Gasteiger partial charge in [-0.2, -0.15) is 0 Å². The summed E-state index contributed by atoms with van der Waals surface area (Å²) in [4.78, 5) is 10.8. The van der Waals surface area contributed by atoms with E-state index in [2.05, 4.69) is 6.58 Å². The van der Waals surface area contributed by atoms with Gasteiger partial charge in [-0.3, -0.25) is 0 Å². The molecule has 1 saturated heterocycles. The van der Waals surface area contributed by atoms with Crippen LogP contribution in [0.1, 0.15) is 0 Å². The van der Waals surface area contributed by atoms with Crippen LogP contribution in [0.3, 0.4) is 0 Å². The molecular weight excluding hydrogens is 224 g/mol. The molecule has 0 aliphatic carbocycles. The van der Waals surface area contributed by atoms with Crippen LogP contribution >= 0.6 is 0 Å². The van der Waals surface area contributed by atoms with Crippen molar-refractivity contribution >= 4 is 49.7 Å². The summed E-state index contributed by atoms with van der Waals surface area (Å²) in [7, 11) is -0.651. The summed E-state index contributed by atoms with van der Waals surface area (Å²) in [6, 6.07) is 0. The fourth-order valence-electron chi connectivity index (χ4n) is 0.982. The van der Waals surface area contributed by atoms with Gasteiger partial charge >= 0.3 is 14.8 Å². The molecule has 1 heterocycles. The Morgan fingerprint density at radius 1 is 1.64 bits per heavy atom. The van der Waals surface area contributed by atoms with Gasteiger partial charge in [-0.15, -0.1) is 0 Å². The van der Waals surface area contributed by atoms with E-state index >= 15 is 0 Å². The van der Waals surface area contributed by atoms with E-state index in [4.69, 9.17) is 8.54 Å². The number of carbonyl (C=O) groups is 1. The van der Waals surface area contributed by atoms with Crippen molar-refractivity contribution in [2.24, 2.45) is 0 Å². The normalized spacial score (nSPS) is 32.9. The van der Waals surface area contributed by atoms with Crippen LogP contribution in [0, 0.1) is 0 Å². The Kier molecular flexibility index (Phi) is 4.25. The minimum atomic E-state index is -1.33. The lowest BCUT2D eigenvalue weighted by Gasteiger charge is -2.19. The predicted molar refractivity (Wildman–Crippen MR) is 58.7 cm³/mol. The first-order valence-corrected chi connectivity index (χ1v) is 20.6. The van der Waals surface area contributed by atoms with E-state index in [1.165, 1.54) is 6.08 Å². The predicted octanol–water partition coefficient (Wildman–Crippen LogP) is -4.20. The van der Waals surface area contributed by atoms with Crippen molar-refractivity contribution < 1.29 is 13.3 Å². The van der Waals surface area contributed by atoms with E-state index < -0.39 is 8.80 Å². The molecule has 0 N–H and O–H groups in total. The molecule has 0 aromatic rings. The van der Waals surface area contributed by atoms with Crippen LogP contribution in [0.5, 0.6) is 0 Å².